The second-order valence-electron chi connectivity index (χ2n) is 5.41. The maximum atomic E-state index is 6.27. The summed E-state index contributed by atoms with van der Waals surface area (Å²) in [6, 6.07) is 18.3. The number of rotatable bonds is 6. The van der Waals surface area contributed by atoms with Gasteiger partial charge in [0.1, 0.15) is 10.9 Å². The van der Waals surface area contributed by atoms with Crippen LogP contribution >= 0.6 is 11.6 Å². The van der Waals surface area contributed by atoms with Gasteiger partial charge in [0.25, 0.3) is 0 Å². The third-order valence-electron chi connectivity index (χ3n) is 3.82. The number of benzene rings is 2. The Morgan fingerprint density at radius 3 is 2.65 bits per heavy atom. The lowest BCUT2D eigenvalue weighted by molar-refractivity contribution is 0.414. The van der Waals surface area contributed by atoms with Gasteiger partial charge < -0.3 is 10.1 Å². The van der Waals surface area contributed by atoms with Crippen LogP contribution in [0.2, 0.25) is 5.15 Å². The summed E-state index contributed by atoms with van der Waals surface area (Å²) in [5.74, 6) is 0.885. The van der Waals surface area contributed by atoms with E-state index in [2.05, 4.69) is 34.6 Å². The molecule has 0 amide bonds. The summed E-state index contributed by atoms with van der Waals surface area (Å²) in [4.78, 5) is 4.44. The van der Waals surface area contributed by atoms with Gasteiger partial charge in [0.2, 0.25) is 0 Å². The highest BCUT2D eigenvalue weighted by Crippen LogP contribution is 2.20. The van der Waals surface area contributed by atoms with E-state index in [-0.39, 0.29) is 0 Å². The molecule has 0 aliphatic carbocycles. The lowest BCUT2D eigenvalue weighted by atomic mass is 10.1. The van der Waals surface area contributed by atoms with Gasteiger partial charge in [0.05, 0.1) is 12.6 Å². The van der Waals surface area contributed by atoms with E-state index < -0.39 is 0 Å². The molecular formula is C19H19ClN2O. The third kappa shape index (κ3) is 4.01. The van der Waals surface area contributed by atoms with Gasteiger partial charge in [-0.25, -0.2) is 4.98 Å². The molecule has 0 radical (unpaired) electrons. The molecule has 0 saturated carbocycles. The van der Waals surface area contributed by atoms with Crippen LogP contribution in [0, 0.1) is 0 Å². The van der Waals surface area contributed by atoms with Crippen molar-refractivity contribution in [1.82, 2.24) is 10.3 Å². The van der Waals surface area contributed by atoms with Crippen molar-refractivity contribution in [2.24, 2.45) is 0 Å². The van der Waals surface area contributed by atoms with E-state index in [9.17, 15) is 0 Å². The van der Waals surface area contributed by atoms with E-state index in [1.165, 1.54) is 5.56 Å². The van der Waals surface area contributed by atoms with Gasteiger partial charge in [0.15, 0.2) is 0 Å². The zero-order chi connectivity index (χ0) is 16.1. The van der Waals surface area contributed by atoms with Gasteiger partial charge in [-0.15, -0.1) is 0 Å². The van der Waals surface area contributed by atoms with Crippen LogP contribution in [0.4, 0.5) is 0 Å². The second kappa shape index (κ2) is 7.44. The fourth-order valence-electron chi connectivity index (χ4n) is 2.51. The highest BCUT2D eigenvalue weighted by atomic mass is 35.5. The Hall–Kier alpha value is -2.10. The Morgan fingerprint density at radius 2 is 1.87 bits per heavy atom. The average Bonchev–Trinajstić information content (AvgIpc) is 2.59. The summed E-state index contributed by atoms with van der Waals surface area (Å²) < 4.78 is 5.16. The molecule has 3 aromatic rings. The molecule has 23 heavy (non-hydrogen) atoms. The number of nitrogens with one attached hydrogen (secondary N) is 1. The fourth-order valence-corrected chi connectivity index (χ4v) is 2.72. The largest absolute Gasteiger partial charge is 0.497 e. The van der Waals surface area contributed by atoms with Crippen LogP contribution in [-0.2, 0) is 13.0 Å². The first-order valence-electron chi connectivity index (χ1n) is 7.64. The quantitative estimate of drug-likeness (QED) is 0.543. The second-order valence-corrected chi connectivity index (χ2v) is 5.76. The standard InChI is InChI=1S/C19H19ClN2O/c1-23-17-8-6-14(7-9-17)10-11-21-13-16-12-15-4-2-3-5-18(15)22-19(16)20/h2-9,12,21H,10-11,13H2,1H3. The molecule has 0 bridgehead atoms. The first-order chi connectivity index (χ1) is 11.3. The smallest absolute Gasteiger partial charge is 0.134 e. The van der Waals surface area contributed by atoms with Crippen LogP contribution in [0.5, 0.6) is 5.75 Å². The van der Waals surface area contributed by atoms with Crippen molar-refractivity contribution in [2.45, 2.75) is 13.0 Å². The molecule has 1 heterocycles. The Kier molecular flexibility index (Phi) is 5.11. The molecule has 0 saturated heterocycles. The van der Waals surface area contributed by atoms with Gasteiger partial charge in [0, 0.05) is 17.5 Å². The van der Waals surface area contributed by atoms with Crippen molar-refractivity contribution < 1.29 is 4.74 Å². The molecule has 0 aliphatic heterocycles. The lowest BCUT2D eigenvalue weighted by Gasteiger charge is -2.08. The third-order valence-corrected chi connectivity index (χ3v) is 4.14. The minimum atomic E-state index is 0.570. The molecule has 0 aliphatic rings. The number of para-hydroxylation sites is 1. The molecule has 1 aromatic heterocycles. The zero-order valence-corrected chi connectivity index (χ0v) is 13.8. The molecule has 3 nitrogen and oxygen atoms in total. The maximum absolute atomic E-state index is 6.27. The van der Waals surface area contributed by atoms with Gasteiger partial charge in [-0.3, -0.25) is 0 Å². The zero-order valence-electron chi connectivity index (χ0n) is 13.1. The number of hydrogen-bond donors (Lipinski definition) is 1. The van der Waals surface area contributed by atoms with E-state index in [1.54, 1.807) is 7.11 Å². The van der Waals surface area contributed by atoms with E-state index in [1.807, 2.05) is 30.3 Å². The van der Waals surface area contributed by atoms with Crippen LogP contribution in [0.1, 0.15) is 11.1 Å². The Morgan fingerprint density at radius 1 is 1.09 bits per heavy atom. The van der Waals surface area contributed by atoms with Crippen molar-refractivity contribution in [3.8, 4) is 5.75 Å². The molecule has 3 rings (SSSR count). The SMILES string of the molecule is COc1ccc(CCNCc2cc3ccccc3nc2Cl)cc1. The average molecular weight is 327 g/mol. The summed E-state index contributed by atoms with van der Waals surface area (Å²) in [7, 11) is 1.68. The number of methoxy groups -OCH3 is 1. The van der Waals surface area contributed by atoms with Gasteiger partial charge in [-0.05, 0) is 42.8 Å². The predicted molar refractivity (Wildman–Crippen MR) is 95.2 cm³/mol. The van der Waals surface area contributed by atoms with Crippen molar-refractivity contribution >= 4 is 22.5 Å². The topological polar surface area (TPSA) is 34.1 Å². The molecule has 4 heteroatoms. The molecule has 0 atom stereocenters. The first kappa shape index (κ1) is 15.8. The summed E-state index contributed by atoms with van der Waals surface area (Å²) >= 11 is 6.27. The first-order valence-corrected chi connectivity index (χ1v) is 8.02. The van der Waals surface area contributed by atoms with Crippen LogP contribution in [-0.4, -0.2) is 18.6 Å². The van der Waals surface area contributed by atoms with E-state index in [0.717, 1.165) is 35.2 Å². The normalized spacial score (nSPS) is 10.9. The molecule has 1 N–H and O–H groups in total. The molecule has 0 unspecified atom stereocenters. The van der Waals surface area contributed by atoms with Crippen LogP contribution in [0.25, 0.3) is 10.9 Å². The van der Waals surface area contributed by atoms with Gasteiger partial charge >= 0.3 is 0 Å². The van der Waals surface area contributed by atoms with Crippen LogP contribution in [0.3, 0.4) is 0 Å². The molecule has 118 valence electrons. The molecular weight excluding hydrogens is 308 g/mol. The number of nitrogens with zero attached hydrogens (tertiary/aromatic N) is 1. The number of pyridine rings is 1. The summed E-state index contributed by atoms with van der Waals surface area (Å²) in [6.45, 7) is 1.60. The number of fused-ring (bicyclic) bond motifs is 1. The maximum Gasteiger partial charge on any atom is 0.134 e. The van der Waals surface area contributed by atoms with Crippen molar-refractivity contribution in [1.29, 1.82) is 0 Å². The number of hydrogen-bond acceptors (Lipinski definition) is 3. The number of halogens is 1. The van der Waals surface area contributed by atoms with E-state index in [0.29, 0.717) is 11.7 Å². The number of ether oxygens (including phenoxy) is 1. The Labute approximate surface area is 141 Å². The summed E-state index contributed by atoms with van der Waals surface area (Å²) in [5.41, 5.74) is 3.24. The summed E-state index contributed by atoms with van der Waals surface area (Å²) in [6.07, 6.45) is 0.961. The molecule has 0 fully saturated rings. The summed E-state index contributed by atoms with van der Waals surface area (Å²) in [5, 5.41) is 5.11. The fraction of sp³-hybridized carbons (Fsp3) is 0.211. The Bertz CT molecular complexity index is 787. The minimum Gasteiger partial charge on any atom is -0.497 e. The van der Waals surface area contributed by atoms with E-state index >= 15 is 0 Å². The van der Waals surface area contributed by atoms with Crippen molar-refractivity contribution in [3.05, 3.63) is 70.9 Å². The molecule has 0 spiro atoms. The highest BCUT2D eigenvalue weighted by Gasteiger charge is 2.04. The molecule has 2 aromatic carbocycles. The van der Waals surface area contributed by atoms with Gasteiger partial charge in [-0.1, -0.05) is 41.9 Å². The van der Waals surface area contributed by atoms with Crippen molar-refractivity contribution in [2.75, 3.05) is 13.7 Å². The van der Waals surface area contributed by atoms with Crippen LogP contribution < -0.4 is 10.1 Å². The highest BCUT2D eigenvalue weighted by molar-refractivity contribution is 6.30. The van der Waals surface area contributed by atoms with Gasteiger partial charge in [-0.2, -0.15) is 0 Å². The van der Waals surface area contributed by atoms with Crippen LogP contribution in [0.15, 0.2) is 54.6 Å². The number of aromatic nitrogens is 1. The monoisotopic (exact) mass is 326 g/mol. The van der Waals surface area contributed by atoms with E-state index in [4.69, 9.17) is 16.3 Å². The van der Waals surface area contributed by atoms with Crippen molar-refractivity contribution in [3.63, 3.8) is 0 Å². The predicted octanol–water partition coefficient (Wildman–Crippen LogP) is 4.23. The Balaban J connectivity index is 1.56. The lowest BCUT2D eigenvalue weighted by Crippen LogP contribution is -2.17. The minimum absolute atomic E-state index is 0.570.